The highest BCUT2D eigenvalue weighted by Gasteiger charge is 2.21. The Morgan fingerprint density at radius 3 is 2.58 bits per heavy atom. The first-order valence-corrected chi connectivity index (χ1v) is 6.11. The zero-order valence-corrected chi connectivity index (χ0v) is 11.1. The van der Waals surface area contributed by atoms with Gasteiger partial charge in [-0.3, -0.25) is 9.78 Å². The van der Waals surface area contributed by atoms with Gasteiger partial charge in [0.1, 0.15) is 6.04 Å². The molecule has 1 aromatic rings. The Kier molecular flexibility index (Phi) is 5.29. The quantitative estimate of drug-likeness (QED) is 0.706. The van der Waals surface area contributed by atoms with Crippen molar-refractivity contribution in [2.75, 3.05) is 5.73 Å². The molecule has 0 aliphatic carbocycles. The number of aliphatic carboxylic acids is 1. The second-order valence-corrected chi connectivity index (χ2v) is 4.85. The highest BCUT2D eigenvalue weighted by atomic mass is 16.4. The predicted octanol–water partition coefficient (Wildman–Crippen LogP) is 0.822. The van der Waals surface area contributed by atoms with E-state index in [1.807, 2.05) is 13.8 Å². The highest BCUT2D eigenvalue weighted by Crippen LogP contribution is 2.06. The van der Waals surface area contributed by atoms with Crippen LogP contribution in [0.5, 0.6) is 0 Å². The number of carboxylic acid groups (broad SMARTS) is 1. The number of amides is 1. The number of pyridine rings is 1. The fourth-order valence-electron chi connectivity index (χ4n) is 1.64. The van der Waals surface area contributed by atoms with E-state index in [2.05, 4.69) is 10.3 Å². The Bertz CT molecular complexity index is 443. The fraction of sp³-hybridized carbons (Fsp3) is 0.462. The highest BCUT2D eigenvalue weighted by molar-refractivity contribution is 5.84. The molecule has 0 saturated carbocycles. The predicted molar refractivity (Wildman–Crippen MR) is 71.4 cm³/mol. The van der Waals surface area contributed by atoms with E-state index >= 15 is 0 Å². The molecule has 0 aliphatic heterocycles. The second kappa shape index (κ2) is 6.72. The number of rotatable bonds is 6. The Morgan fingerprint density at radius 1 is 1.42 bits per heavy atom. The third-order valence-electron chi connectivity index (χ3n) is 2.53. The smallest absolute Gasteiger partial charge is 0.326 e. The summed E-state index contributed by atoms with van der Waals surface area (Å²) in [4.78, 5) is 26.8. The third-order valence-corrected chi connectivity index (χ3v) is 2.53. The minimum absolute atomic E-state index is 0.0438. The SMILES string of the molecule is CC(C)C[C@@H](NC(=O)Cc1ccc(N)cn1)C(=O)O. The molecular formula is C13H19N3O3. The summed E-state index contributed by atoms with van der Waals surface area (Å²) in [5.74, 6) is -1.19. The van der Waals surface area contributed by atoms with Crippen molar-refractivity contribution in [3.63, 3.8) is 0 Å². The fourth-order valence-corrected chi connectivity index (χ4v) is 1.64. The Morgan fingerprint density at radius 2 is 2.11 bits per heavy atom. The van der Waals surface area contributed by atoms with Crippen LogP contribution in [-0.2, 0) is 16.0 Å². The summed E-state index contributed by atoms with van der Waals surface area (Å²) in [6.45, 7) is 3.81. The molecule has 0 aromatic carbocycles. The molecule has 4 N–H and O–H groups in total. The number of anilines is 1. The molecule has 6 heteroatoms. The normalized spacial score (nSPS) is 12.2. The molecule has 0 unspecified atom stereocenters. The first-order valence-electron chi connectivity index (χ1n) is 6.11. The Labute approximate surface area is 112 Å². The van der Waals surface area contributed by atoms with E-state index in [-0.39, 0.29) is 18.2 Å². The molecule has 0 spiro atoms. The number of carboxylic acids is 1. The van der Waals surface area contributed by atoms with Crippen molar-refractivity contribution in [1.29, 1.82) is 0 Å². The molecule has 1 heterocycles. The zero-order chi connectivity index (χ0) is 14.4. The Balaban J connectivity index is 2.57. The van der Waals surface area contributed by atoms with E-state index in [0.29, 0.717) is 17.8 Å². The number of carbonyl (C=O) groups is 2. The molecule has 0 saturated heterocycles. The van der Waals surface area contributed by atoms with Crippen LogP contribution in [0.15, 0.2) is 18.3 Å². The first kappa shape index (κ1) is 14.9. The molecule has 0 radical (unpaired) electrons. The number of nitrogens with one attached hydrogen (secondary N) is 1. The molecule has 1 aromatic heterocycles. The summed E-state index contributed by atoms with van der Waals surface area (Å²) in [6.07, 6.45) is 1.91. The number of hydrogen-bond donors (Lipinski definition) is 3. The van der Waals surface area contributed by atoms with Gasteiger partial charge in [0.25, 0.3) is 0 Å². The summed E-state index contributed by atoms with van der Waals surface area (Å²) in [6, 6.07) is 2.44. The van der Waals surface area contributed by atoms with Crippen molar-refractivity contribution in [3.8, 4) is 0 Å². The van der Waals surface area contributed by atoms with Crippen LogP contribution in [0.3, 0.4) is 0 Å². The van der Waals surface area contributed by atoms with Gasteiger partial charge in [0.2, 0.25) is 5.91 Å². The van der Waals surface area contributed by atoms with Gasteiger partial charge in [0, 0.05) is 5.69 Å². The van der Waals surface area contributed by atoms with Gasteiger partial charge >= 0.3 is 5.97 Å². The maximum Gasteiger partial charge on any atom is 0.326 e. The zero-order valence-electron chi connectivity index (χ0n) is 11.1. The molecule has 104 valence electrons. The van der Waals surface area contributed by atoms with E-state index in [0.717, 1.165) is 0 Å². The van der Waals surface area contributed by atoms with Crippen molar-refractivity contribution in [2.45, 2.75) is 32.7 Å². The lowest BCUT2D eigenvalue weighted by molar-refractivity contribution is -0.142. The van der Waals surface area contributed by atoms with Gasteiger partial charge in [-0.2, -0.15) is 0 Å². The van der Waals surface area contributed by atoms with Crippen molar-refractivity contribution in [3.05, 3.63) is 24.0 Å². The third kappa shape index (κ3) is 5.37. The summed E-state index contributed by atoms with van der Waals surface area (Å²) >= 11 is 0. The maximum atomic E-state index is 11.7. The van der Waals surface area contributed by atoms with E-state index < -0.39 is 12.0 Å². The van der Waals surface area contributed by atoms with Crippen LogP contribution >= 0.6 is 0 Å². The molecule has 0 aliphatic rings. The average molecular weight is 265 g/mol. The topological polar surface area (TPSA) is 105 Å². The molecule has 1 amide bonds. The number of nitrogens with two attached hydrogens (primary N) is 1. The second-order valence-electron chi connectivity index (χ2n) is 4.85. The van der Waals surface area contributed by atoms with Crippen LogP contribution in [0.25, 0.3) is 0 Å². The lowest BCUT2D eigenvalue weighted by Gasteiger charge is -2.16. The van der Waals surface area contributed by atoms with Gasteiger partial charge in [0.05, 0.1) is 18.3 Å². The largest absolute Gasteiger partial charge is 0.480 e. The van der Waals surface area contributed by atoms with E-state index in [1.165, 1.54) is 6.20 Å². The van der Waals surface area contributed by atoms with Crippen molar-refractivity contribution < 1.29 is 14.7 Å². The first-order chi connectivity index (χ1) is 8.88. The van der Waals surface area contributed by atoms with E-state index in [1.54, 1.807) is 12.1 Å². The molecule has 1 rings (SSSR count). The average Bonchev–Trinajstić information content (AvgIpc) is 2.30. The number of nitrogens with zero attached hydrogens (tertiary/aromatic N) is 1. The van der Waals surface area contributed by atoms with Gasteiger partial charge in [-0.15, -0.1) is 0 Å². The molecule has 0 fully saturated rings. The summed E-state index contributed by atoms with van der Waals surface area (Å²) < 4.78 is 0. The van der Waals surface area contributed by atoms with Crippen LogP contribution in [0, 0.1) is 5.92 Å². The van der Waals surface area contributed by atoms with Gasteiger partial charge in [0.15, 0.2) is 0 Å². The number of carbonyl (C=O) groups excluding carboxylic acids is 1. The lowest BCUT2D eigenvalue weighted by atomic mass is 10.0. The minimum atomic E-state index is -1.02. The molecule has 1 atom stereocenters. The summed E-state index contributed by atoms with van der Waals surface area (Å²) in [5, 5.41) is 11.5. The molecule has 6 nitrogen and oxygen atoms in total. The van der Waals surface area contributed by atoms with Gasteiger partial charge in [-0.1, -0.05) is 13.8 Å². The van der Waals surface area contributed by atoms with Crippen molar-refractivity contribution >= 4 is 17.6 Å². The standard InChI is InChI=1S/C13H19N3O3/c1-8(2)5-11(13(18)19)16-12(17)6-10-4-3-9(14)7-15-10/h3-4,7-8,11H,5-6,14H2,1-2H3,(H,16,17)(H,18,19)/t11-/m1/s1. The summed E-state index contributed by atoms with van der Waals surface area (Å²) in [5.41, 5.74) is 6.57. The van der Waals surface area contributed by atoms with Crippen molar-refractivity contribution in [2.24, 2.45) is 5.92 Å². The minimum Gasteiger partial charge on any atom is -0.480 e. The van der Waals surface area contributed by atoms with E-state index in [9.17, 15) is 9.59 Å². The number of nitrogen functional groups attached to an aromatic ring is 1. The van der Waals surface area contributed by atoms with Crippen LogP contribution in [0.1, 0.15) is 26.0 Å². The van der Waals surface area contributed by atoms with Gasteiger partial charge in [-0.05, 0) is 24.5 Å². The van der Waals surface area contributed by atoms with Crippen LogP contribution in [0.2, 0.25) is 0 Å². The molecule has 19 heavy (non-hydrogen) atoms. The Hall–Kier alpha value is -2.11. The van der Waals surface area contributed by atoms with Crippen LogP contribution in [-0.4, -0.2) is 28.0 Å². The lowest BCUT2D eigenvalue weighted by Crippen LogP contribution is -2.42. The number of aromatic nitrogens is 1. The molecule has 0 bridgehead atoms. The van der Waals surface area contributed by atoms with Crippen LogP contribution in [0.4, 0.5) is 5.69 Å². The maximum absolute atomic E-state index is 11.7. The molecular weight excluding hydrogens is 246 g/mol. The van der Waals surface area contributed by atoms with Gasteiger partial charge < -0.3 is 16.2 Å². The van der Waals surface area contributed by atoms with Crippen LogP contribution < -0.4 is 11.1 Å². The summed E-state index contributed by atoms with van der Waals surface area (Å²) in [7, 11) is 0. The van der Waals surface area contributed by atoms with Crippen molar-refractivity contribution in [1.82, 2.24) is 10.3 Å². The van der Waals surface area contributed by atoms with E-state index in [4.69, 9.17) is 10.8 Å². The number of hydrogen-bond acceptors (Lipinski definition) is 4. The monoisotopic (exact) mass is 265 g/mol. The van der Waals surface area contributed by atoms with Gasteiger partial charge in [-0.25, -0.2) is 4.79 Å².